The third-order valence-corrected chi connectivity index (χ3v) is 6.28. The fourth-order valence-corrected chi connectivity index (χ4v) is 5.96. The van der Waals surface area contributed by atoms with Crippen LogP contribution in [-0.4, -0.2) is 12.1 Å². The van der Waals surface area contributed by atoms with Crippen LogP contribution in [0.15, 0.2) is 12.2 Å². The highest BCUT2D eigenvalue weighted by Gasteiger charge is 2.72. The predicted octanol–water partition coefficient (Wildman–Crippen LogP) is 2.15. The van der Waals surface area contributed by atoms with Crippen molar-refractivity contribution in [2.75, 3.05) is 0 Å². The molecular formula is C14H16O2. The first kappa shape index (κ1) is 8.32. The topological polar surface area (TPSA) is 26.3 Å². The van der Waals surface area contributed by atoms with Crippen LogP contribution < -0.4 is 0 Å². The number of hydrogen-bond acceptors (Lipinski definition) is 2. The SMILES string of the molecule is O=C1CC2CC34CC(C2O1)C3C1C=CC4C1. The molecule has 7 atom stereocenters. The number of fused-ring (bicyclic) bond motifs is 2. The summed E-state index contributed by atoms with van der Waals surface area (Å²) < 4.78 is 5.56. The molecule has 84 valence electrons. The highest BCUT2D eigenvalue weighted by molar-refractivity contribution is 5.72. The minimum atomic E-state index is 0.0670. The maximum Gasteiger partial charge on any atom is 0.306 e. The zero-order valence-electron chi connectivity index (χ0n) is 9.26. The first-order chi connectivity index (χ1) is 7.78. The summed E-state index contributed by atoms with van der Waals surface area (Å²) in [6.07, 6.45) is 9.93. The highest BCUT2D eigenvalue weighted by atomic mass is 16.6. The molecule has 1 aliphatic heterocycles. The van der Waals surface area contributed by atoms with Crippen molar-refractivity contribution >= 4 is 5.97 Å². The summed E-state index contributed by atoms with van der Waals surface area (Å²) in [5, 5.41) is 0. The van der Waals surface area contributed by atoms with E-state index in [2.05, 4.69) is 12.2 Å². The van der Waals surface area contributed by atoms with Gasteiger partial charge in [-0.05, 0) is 42.4 Å². The van der Waals surface area contributed by atoms with Crippen molar-refractivity contribution in [3.05, 3.63) is 12.2 Å². The van der Waals surface area contributed by atoms with E-state index < -0.39 is 0 Å². The van der Waals surface area contributed by atoms with E-state index in [4.69, 9.17) is 4.74 Å². The van der Waals surface area contributed by atoms with Gasteiger partial charge in [0, 0.05) is 11.8 Å². The van der Waals surface area contributed by atoms with Gasteiger partial charge in [0.25, 0.3) is 0 Å². The molecule has 5 fully saturated rings. The Kier molecular flexibility index (Phi) is 1.17. The molecule has 2 nitrogen and oxygen atoms in total. The van der Waals surface area contributed by atoms with Gasteiger partial charge in [-0.2, -0.15) is 0 Å². The van der Waals surface area contributed by atoms with Crippen molar-refractivity contribution in [3.63, 3.8) is 0 Å². The molecule has 1 spiro atoms. The van der Waals surface area contributed by atoms with Gasteiger partial charge in [0.15, 0.2) is 0 Å². The monoisotopic (exact) mass is 216 g/mol. The van der Waals surface area contributed by atoms with Crippen LogP contribution in [-0.2, 0) is 9.53 Å². The van der Waals surface area contributed by atoms with Crippen LogP contribution >= 0.6 is 0 Å². The smallest absolute Gasteiger partial charge is 0.306 e. The molecule has 0 radical (unpaired) electrons. The summed E-state index contributed by atoms with van der Waals surface area (Å²) >= 11 is 0. The molecule has 1 heterocycles. The van der Waals surface area contributed by atoms with E-state index in [1.165, 1.54) is 19.3 Å². The third kappa shape index (κ3) is 0.670. The van der Waals surface area contributed by atoms with Gasteiger partial charge < -0.3 is 4.74 Å². The second kappa shape index (κ2) is 2.25. The lowest BCUT2D eigenvalue weighted by Crippen LogP contribution is -2.61. The second-order valence-corrected chi connectivity index (χ2v) is 6.64. The lowest BCUT2D eigenvalue weighted by Gasteiger charge is -2.63. The van der Waals surface area contributed by atoms with Crippen molar-refractivity contribution in [2.45, 2.75) is 31.8 Å². The molecular weight excluding hydrogens is 200 g/mol. The minimum absolute atomic E-state index is 0.0670. The molecule has 16 heavy (non-hydrogen) atoms. The molecule has 5 aliphatic carbocycles. The van der Waals surface area contributed by atoms with Gasteiger partial charge in [-0.25, -0.2) is 0 Å². The molecule has 1 saturated heterocycles. The first-order valence-electron chi connectivity index (χ1n) is 6.66. The molecule has 6 aliphatic rings. The zero-order chi connectivity index (χ0) is 10.5. The van der Waals surface area contributed by atoms with Gasteiger partial charge in [-0.3, -0.25) is 4.79 Å². The number of rotatable bonds is 0. The standard InChI is InChI=1S/C14H16O2/c15-11-4-8-5-14-6-10(13(8)16-11)12(14)7-1-2-9(14)3-7/h1-2,7-10,12-13H,3-6H2. The first-order valence-corrected chi connectivity index (χ1v) is 6.66. The van der Waals surface area contributed by atoms with E-state index in [0.29, 0.717) is 29.8 Å². The van der Waals surface area contributed by atoms with E-state index >= 15 is 0 Å². The number of carbonyl (C=O) groups excluding carboxylic acids is 1. The lowest BCUT2D eigenvalue weighted by molar-refractivity contribution is -0.185. The fraction of sp³-hybridized carbons (Fsp3) is 0.786. The van der Waals surface area contributed by atoms with E-state index in [9.17, 15) is 4.79 Å². The molecule has 4 saturated carbocycles. The highest BCUT2D eigenvalue weighted by Crippen LogP contribution is 2.76. The molecule has 0 amide bonds. The number of esters is 1. The Morgan fingerprint density at radius 2 is 2.25 bits per heavy atom. The van der Waals surface area contributed by atoms with Crippen molar-refractivity contribution in [3.8, 4) is 0 Å². The molecule has 4 bridgehead atoms. The summed E-state index contributed by atoms with van der Waals surface area (Å²) in [6.45, 7) is 0. The average molecular weight is 216 g/mol. The normalized spacial score (nSPS) is 63.9. The van der Waals surface area contributed by atoms with Crippen LogP contribution in [0, 0.1) is 35.0 Å². The van der Waals surface area contributed by atoms with E-state index in [1.54, 1.807) is 0 Å². The number of ether oxygens (including phenoxy) is 1. The quantitative estimate of drug-likeness (QED) is 0.458. The Morgan fingerprint density at radius 1 is 1.31 bits per heavy atom. The molecule has 6 rings (SSSR count). The fourth-order valence-electron chi connectivity index (χ4n) is 5.96. The summed E-state index contributed by atoms with van der Waals surface area (Å²) in [5.41, 5.74) is 0.610. The predicted molar refractivity (Wildman–Crippen MR) is 57.4 cm³/mol. The van der Waals surface area contributed by atoms with Crippen LogP contribution in [0.3, 0.4) is 0 Å². The van der Waals surface area contributed by atoms with Gasteiger partial charge in [-0.15, -0.1) is 0 Å². The summed E-state index contributed by atoms with van der Waals surface area (Å²) in [7, 11) is 0. The molecule has 2 heteroatoms. The molecule has 0 aromatic heterocycles. The van der Waals surface area contributed by atoms with Crippen LogP contribution in [0.4, 0.5) is 0 Å². The van der Waals surface area contributed by atoms with Crippen LogP contribution in [0.5, 0.6) is 0 Å². The zero-order valence-corrected chi connectivity index (χ0v) is 9.26. The van der Waals surface area contributed by atoms with Gasteiger partial charge in [-0.1, -0.05) is 12.2 Å². The molecule has 0 aromatic carbocycles. The molecule has 7 unspecified atom stereocenters. The summed E-state index contributed by atoms with van der Waals surface area (Å²) in [6, 6.07) is 0. The largest absolute Gasteiger partial charge is 0.462 e. The van der Waals surface area contributed by atoms with Gasteiger partial charge >= 0.3 is 5.97 Å². The van der Waals surface area contributed by atoms with E-state index in [-0.39, 0.29) is 5.97 Å². The third-order valence-electron chi connectivity index (χ3n) is 6.28. The van der Waals surface area contributed by atoms with Crippen molar-refractivity contribution in [2.24, 2.45) is 35.0 Å². The van der Waals surface area contributed by atoms with E-state index in [0.717, 1.165) is 17.8 Å². The summed E-state index contributed by atoms with van der Waals surface area (Å²) in [4.78, 5) is 11.4. The second-order valence-electron chi connectivity index (χ2n) is 6.64. The van der Waals surface area contributed by atoms with Crippen LogP contribution in [0.1, 0.15) is 25.7 Å². The Morgan fingerprint density at radius 3 is 3.19 bits per heavy atom. The molecule has 0 N–H and O–H groups in total. The van der Waals surface area contributed by atoms with Gasteiger partial charge in [0.1, 0.15) is 6.10 Å². The maximum absolute atomic E-state index is 11.4. The van der Waals surface area contributed by atoms with Crippen molar-refractivity contribution in [1.29, 1.82) is 0 Å². The Hall–Kier alpha value is -0.790. The lowest BCUT2D eigenvalue weighted by atomic mass is 9.41. The number of allylic oxidation sites excluding steroid dienone is 2. The Labute approximate surface area is 95.0 Å². The maximum atomic E-state index is 11.4. The van der Waals surface area contributed by atoms with Crippen molar-refractivity contribution < 1.29 is 9.53 Å². The Balaban J connectivity index is 1.59. The van der Waals surface area contributed by atoms with Crippen molar-refractivity contribution in [1.82, 2.24) is 0 Å². The van der Waals surface area contributed by atoms with E-state index in [1.807, 2.05) is 0 Å². The minimum Gasteiger partial charge on any atom is -0.462 e. The van der Waals surface area contributed by atoms with Gasteiger partial charge in [0.2, 0.25) is 0 Å². The van der Waals surface area contributed by atoms with Gasteiger partial charge in [0.05, 0.1) is 6.42 Å². The Bertz CT molecular complexity index is 426. The number of carbonyl (C=O) groups is 1. The van der Waals surface area contributed by atoms with Crippen LogP contribution in [0.2, 0.25) is 0 Å². The number of hydrogen-bond donors (Lipinski definition) is 0. The molecule has 0 aromatic rings. The summed E-state index contributed by atoms with van der Waals surface area (Å²) in [5.74, 6) is 3.88. The van der Waals surface area contributed by atoms with Crippen LogP contribution in [0.25, 0.3) is 0 Å². The average Bonchev–Trinajstić information content (AvgIpc) is 2.84.